The molecular formula is C20H31N3O4. The highest BCUT2D eigenvalue weighted by molar-refractivity contribution is 5.78. The van der Waals surface area contributed by atoms with E-state index in [2.05, 4.69) is 10.2 Å². The highest BCUT2D eigenvalue weighted by Gasteiger charge is 2.23. The molecule has 0 saturated carbocycles. The number of ether oxygens (including phenoxy) is 1. The van der Waals surface area contributed by atoms with Gasteiger partial charge in [-0.1, -0.05) is 18.2 Å². The van der Waals surface area contributed by atoms with Crippen molar-refractivity contribution in [1.29, 1.82) is 0 Å². The minimum absolute atomic E-state index is 0.00857. The number of likely N-dealkylation sites (N-methyl/N-ethyl adjacent to an activating group) is 1. The second-order valence-corrected chi connectivity index (χ2v) is 7.20. The van der Waals surface area contributed by atoms with Crippen LogP contribution in [0.25, 0.3) is 0 Å². The van der Waals surface area contributed by atoms with E-state index in [-0.39, 0.29) is 24.5 Å². The molecule has 1 amide bonds. The normalized spacial score (nSPS) is 19.3. The number of nitrogens with zero attached hydrogens (tertiary/aromatic N) is 2. The SMILES string of the molecule is COc1ccccc1C(C)NC(=O)CN1CCCC(N(C)CC(=O)O)CC1. The Labute approximate surface area is 161 Å². The lowest BCUT2D eigenvalue weighted by Crippen LogP contribution is -2.40. The number of hydrogen-bond acceptors (Lipinski definition) is 5. The number of amides is 1. The fourth-order valence-electron chi connectivity index (χ4n) is 3.67. The number of nitrogens with one attached hydrogen (secondary N) is 1. The fraction of sp³-hybridized carbons (Fsp3) is 0.600. The number of carbonyl (C=O) groups is 2. The zero-order valence-electron chi connectivity index (χ0n) is 16.5. The van der Waals surface area contributed by atoms with Crippen molar-refractivity contribution in [2.24, 2.45) is 0 Å². The molecule has 7 heteroatoms. The number of carbonyl (C=O) groups excluding carboxylic acids is 1. The maximum atomic E-state index is 12.5. The van der Waals surface area contributed by atoms with Gasteiger partial charge in [0.2, 0.25) is 5.91 Å². The van der Waals surface area contributed by atoms with Crippen LogP contribution < -0.4 is 10.1 Å². The maximum Gasteiger partial charge on any atom is 0.317 e. The maximum absolute atomic E-state index is 12.5. The third kappa shape index (κ3) is 6.52. The van der Waals surface area contributed by atoms with Gasteiger partial charge in [-0.3, -0.25) is 19.4 Å². The van der Waals surface area contributed by atoms with Gasteiger partial charge in [0, 0.05) is 18.2 Å². The van der Waals surface area contributed by atoms with Gasteiger partial charge in [0.05, 0.1) is 26.2 Å². The number of aliphatic carboxylic acids is 1. The lowest BCUT2D eigenvalue weighted by Gasteiger charge is -2.25. The van der Waals surface area contributed by atoms with Gasteiger partial charge in [-0.25, -0.2) is 0 Å². The van der Waals surface area contributed by atoms with Crippen molar-refractivity contribution in [3.05, 3.63) is 29.8 Å². The molecule has 2 rings (SSSR count). The van der Waals surface area contributed by atoms with E-state index in [0.717, 1.165) is 43.7 Å². The third-order valence-electron chi connectivity index (χ3n) is 5.15. The number of para-hydroxylation sites is 1. The molecule has 2 unspecified atom stereocenters. The molecule has 0 aliphatic carbocycles. The van der Waals surface area contributed by atoms with Crippen LogP contribution in [-0.4, -0.2) is 73.2 Å². The molecule has 0 bridgehead atoms. The van der Waals surface area contributed by atoms with Gasteiger partial charge in [-0.05, 0) is 45.8 Å². The molecular weight excluding hydrogens is 346 g/mol. The van der Waals surface area contributed by atoms with Gasteiger partial charge in [-0.15, -0.1) is 0 Å². The van der Waals surface area contributed by atoms with E-state index >= 15 is 0 Å². The van der Waals surface area contributed by atoms with E-state index in [1.807, 2.05) is 43.1 Å². The Morgan fingerprint density at radius 1 is 1.33 bits per heavy atom. The summed E-state index contributed by atoms with van der Waals surface area (Å²) < 4.78 is 5.37. The predicted octanol–water partition coefficient (Wildman–Crippen LogP) is 1.74. The molecule has 0 spiro atoms. The average molecular weight is 377 g/mol. The lowest BCUT2D eigenvalue weighted by molar-refractivity contribution is -0.138. The summed E-state index contributed by atoms with van der Waals surface area (Å²) in [5.74, 6) is -0.0431. The Morgan fingerprint density at radius 3 is 2.78 bits per heavy atom. The average Bonchev–Trinajstić information content (AvgIpc) is 2.86. The van der Waals surface area contributed by atoms with Crippen LogP contribution in [0.1, 0.15) is 37.8 Å². The summed E-state index contributed by atoms with van der Waals surface area (Å²) in [4.78, 5) is 27.4. The molecule has 1 aromatic rings. The molecule has 1 aliphatic heterocycles. The minimum atomic E-state index is -0.802. The standard InChI is InChI=1S/C20H31N3O4/c1-15(17-8-4-5-9-18(17)27-3)21-19(24)13-23-11-6-7-16(10-12-23)22(2)14-20(25)26/h4-5,8-9,15-16H,6-7,10-14H2,1-3H3,(H,21,24)(H,25,26). The summed E-state index contributed by atoms with van der Waals surface area (Å²) in [5.41, 5.74) is 0.958. The van der Waals surface area contributed by atoms with Gasteiger partial charge in [-0.2, -0.15) is 0 Å². The summed E-state index contributed by atoms with van der Waals surface area (Å²) in [5, 5.41) is 12.0. The molecule has 0 radical (unpaired) electrons. The van der Waals surface area contributed by atoms with Crippen LogP contribution in [0, 0.1) is 0 Å². The Kier molecular flexibility index (Phi) is 8.06. The van der Waals surface area contributed by atoms with Gasteiger partial charge in [0.1, 0.15) is 5.75 Å². The molecule has 1 saturated heterocycles. The largest absolute Gasteiger partial charge is 0.496 e. The van der Waals surface area contributed by atoms with E-state index in [9.17, 15) is 9.59 Å². The van der Waals surface area contributed by atoms with Crippen molar-refractivity contribution >= 4 is 11.9 Å². The summed E-state index contributed by atoms with van der Waals surface area (Å²) in [6.45, 7) is 4.02. The number of hydrogen-bond donors (Lipinski definition) is 2. The van der Waals surface area contributed by atoms with Crippen molar-refractivity contribution in [3.8, 4) is 5.75 Å². The van der Waals surface area contributed by atoms with Crippen LogP contribution in [-0.2, 0) is 9.59 Å². The van der Waals surface area contributed by atoms with Crippen LogP contribution >= 0.6 is 0 Å². The number of carboxylic acid groups (broad SMARTS) is 1. The van der Waals surface area contributed by atoms with E-state index in [4.69, 9.17) is 9.84 Å². The number of carboxylic acids is 1. The minimum Gasteiger partial charge on any atom is -0.496 e. The van der Waals surface area contributed by atoms with Crippen LogP contribution in [0.2, 0.25) is 0 Å². The lowest BCUT2D eigenvalue weighted by atomic mass is 10.1. The summed E-state index contributed by atoms with van der Waals surface area (Å²) in [6.07, 6.45) is 2.79. The van der Waals surface area contributed by atoms with E-state index < -0.39 is 5.97 Å². The van der Waals surface area contributed by atoms with E-state index in [1.165, 1.54) is 0 Å². The Morgan fingerprint density at radius 2 is 2.07 bits per heavy atom. The first-order valence-corrected chi connectivity index (χ1v) is 9.47. The third-order valence-corrected chi connectivity index (χ3v) is 5.15. The number of methoxy groups -OCH3 is 1. The molecule has 27 heavy (non-hydrogen) atoms. The van der Waals surface area contributed by atoms with Crippen LogP contribution in [0.3, 0.4) is 0 Å². The van der Waals surface area contributed by atoms with Crippen LogP contribution in [0.4, 0.5) is 0 Å². The van der Waals surface area contributed by atoms with Crippen molar-refractivity contribution in [2.45, 2.75) is 38.3 Å². The molecule has 150 valence electrons. The van der Waals surface area contributed by atoms with Crippen LogP contribution in [0.5, 0.6) is 5.75 Å². The summed E-state index contributed by atoms with van der Waals surface area (Å²) >= 11 is 0. The van der Waals surface area contributed by atoms with Crippen molar-refractivity contribution in [1.82, 2.24) is 15.1 Å². The van der Waals surface area contributed by atoms with Gasteiger partial charge in [0.15, 0.2) is 0 Å². The monoisotopic (exact) mass is 377 g/mol. The zero-order valence-corrected chi connectivity index (χ0v) is 16.5. The Hall–Kier alpha value is -2.12. The number of benzene rings is 1. The first kappa shape index (κ1) is 21.2. The number of likely N-dealkylation sites (tertiary alicyclic amines) is 1. The predicted molar refractivity (Wildman–Crippen MR) is 104 cm³/mol. The fourth-order valence-corrected chi connectivity index (χ4v) is 3.67. The second kappa shape index (κ2) is 10.3. The van der Waals surface area contributed by atoms with E-state index in [0.29, 0.717) is 6.54 Å². The molecule has 1 aromatic carbocycles. The molecule has 7 nitrogen and oxygen atoms in total. The zero-order chi connectivity index (χ0) is 19.8. The number of rotatable bonds is 8. The first-order valence-electron chi connectivity index (χ1n) is 9.47. The molecule has 1 heterocycles. The molecule has 0 aromatic heterocycles. The highest BCUT2D eigenvalue weighted by atomic mass is 16.5. The molecule has 2 N–H and O–H groups in total. The van der Waals surface area contributed by atoms with Gasteiger partial charge >= 0.3 is 5.97 Å². The molecule has 1 fully saturated rings. The molecule has 1 aliphatic rings. The van der Waals surface area contributed by atoms with Crippen LogP contribution in [0.15, 0.2) is 24.3 Å². The summed E-state index contributed by atoms with van der Waals surface area (Å²) in [7, 11) is 3.48. The smallest absolute Gasteiger partial charge is 0.317 e. The quantitative estimate of drug-likeness (QED) is 0.718. The summed E-state index contributed by atoms with van der Waals surface area (Å²) in [6, 6.07) is 7.81. The van der Waals surface area contributed by atoms with E-state index in [1.54, 1.807) is 7.11 Å². The first-order chi connectivity index (χ1) is 12.9. The Balaban J connectivity index is 1.84. The van der Waals surface area contributed by atoms with Crippen molar-refractivity contribution < 1.29 is 19.4 Å². The molecule has 2 atom stereocenters. The van der Waals surface area contributed by atoms with Crippen molar-refractivity contribution in [3.63, 3.8) is 0 Å². The topological polar surface area (TPSA) is 82.1 Å². The Bertz CT molecular complexity index is 637. The van der Waals surface area contributed by atoms with Crippen molar-refractivity contribution in [2.75, 3.05) is 40.3 Å². The second-order valence-electron chi connectivity index (χ2n) is 7.20. The highest BCUT2D eigenvalue weighted by Crippen LogP contribution is 2.24. The van der Waals surface area contributed by atoms with Gasteiger partial charge < -0.3 is 15.2 Å². The van der Waals surface area contributed by atoms with Gasteiger partial charge in [0.25, 0.3) is 0 Å².